The molecule has 0 aromatic heterocycles. The van der Waals surface area contributed by atoms with Gasteiger partial charge in [0.2, 0.25) is 0 Å². The Morgan fingerprint density at radius 2 is 2.00 bits per heavy atom. The van der Waals surface area contributed by atoms with Crippen LogP contribution in [0.25, 0.3) is 0 Å². The minimum atomic E-state index is 0.331. The molecule has 0 aromatic rings. The third-order valence-corrected chi connectivity index (χ3v) is 2.75. The third-order valence-electron chi connectivity index (χ3n) is 2.75. The fourth-order valence-corrected chi connectivity index (χ4v) is 1.52. The average molecular weight is 155 g/mol. The van der Waals surface area contributed by atoms with Crippen molar-refractivity contribution in [3.05, 3.63) is 0 Å². The molecule has 1 atom stereocenters. The standard InChI is InChI=1S/C9H17NO/c11-6-9(8-3-4-8)10-5-7-1-2-7/h7-11H,1-6H2. The SMILES string of the molecule is OCC(NCC1CC1)C1CC1. The smallest absolute Gasteiger partial charge is 0.0587 e. The molecule has 11 heavy (non-hydrogen) atoms. The first kappa shape index (κ1) is 7.56. The van der Waals surface area contributed by atoms with Crippen LogP contribution in [-0.2, 0) is 0 Å². The summed E-state index contributed by atoms with van der Waals surface area (Å²) in [6.07, 6.45) is 5.44. The van der Waals surface area contributed by atoms with E-state index in [0.717, 1.165) is 18.4 Å². The fourth-order valence-electron chi connectivity index (χ4n) is 1.52. The average Bonchev–Trinajstić information content (AvgIpc) is 2.85. The van der Waals surface area contributed by atoms with E-state index in [-0.39, 0.29) is 0 Å². The predicted molar refractivity (Wildman–Crippen MR) is 44.3 cm³/mol. The van der Waals surface area contributed by atoms with Crippen molar-refractivity contribution in [2.24, 2.45) is 11.8 Å². The molecular formula is C9H17NO. The van der Waals surface area contributed by atoms with Crippen molar-refractivity contribution in [1.82, 2.24) is 5.32 Å². The van der Waals surface area contributed by atoms with E-state index in [1.165, 1.54) is 25.7 Å². The van der Waals surface area contributed by atoms with E-state index in [0.29, 0.717) is 12.6 Å². The van der Waals surface area contributed by atoms with Crippen molar-refractivity contribution in [2.75, 3.05) is 13.2 Å². The Hall–Kier alpha value is -0.0800. The lowest BCUT2D eigenvalue weighted by atomic mass is 10.2. The molecule has 2 rings (SSSR count). The Bertz CT molecular complexity index is 130. The summed E-state index contributed by atoms with van der Waals surface area (Å²) in [5.74, 6) is 1.72. The van der Waals surface area contributed by atoms with Gasteiger partial charge in [0.15, 0.2) is 0 Å². The summed E-state index contributed by atoms with van der Waals surface area (Å²) in [5.41, 5.74) is 0. The van der Waals surface area contributed by atoms with Gasteiger partial charge in [0.05, 0.1) is 6.61 Å². The van der Waals surface area contributed by atoms with Crippen LogP contribution in [0.5, 0.6) is 0 Å². The van der Waals surface area contributed by atoms with E-state index in [4.69, 9.17) is 5.11 Å². The van der Waals surface area contributed by atoms with E-state index < -0.39 is 0 Å². The van der Waals surface area contributed by atoms with Gasteiger partial charge < -0.3 is 10.4 Å². The molecule has 2 heteroatoms. The molecule has 0 bridgehead atoms. The number of aliphatic hydroxyl groups excluding tert-OH is 1. The van der Waals surface area contributed by atoms with Crippen molar-refractivity contribution < 1.29 is 5.11 Å². The molecule has 0 spiro atoms. The van der Waals surface area contributed by atoms with Crippen LogP contribution in [0.15, 0.2) is 0 Å². The van der Waals surface area contributed by atoms with Crippen LogP contribution in [-0.4, -0.2) is 24.3 Å². The van der Waals surface area contributed by atoms with Crippen molar-refractivity contribution >= 4 is 0 Å². The van der Waals surface area contributed by atoms with Crippen LogP contribution < -0.4 is 5.32 Å². The zero-order valence-corrected chi connectivity index (χ0v) is 6.92. The highest BCUT2D eigenvalue weighted by atomic mass is 16.3. The first-order chi connectivity index (χ1) is 5.40. The molecule has 0 saturated heterocycles. The number of rotatable bonds is 5. The summed E-state index contributed by atoms with van der Waals surface area (Å²) < 4.78 is 0. The highest BCUT2D eigenvalue weighted by Crippen LogP contribution is 2.33. The lowest BCUT2D eigenvalue weighted by molar-refractivity contribution is 0.227. The van der Waals surface area contributed by atoms with Gasteiger partial charge in [0.25, 0.3) is 0 Å². The number of aliphatic hydroxyl groups is 1. The van der Waals surface area contributed by atoms with Gasteiger partial charge in [0.1, 0.15) is 0 Å². The predicted octanol–water partition coefficient (Wildman–Crippen LogP) is 0.757. The van der Waals surface area contributed by atoms with Gasteiger partial charge in [-0.1, -0.05) is 0 Å². The second kappa shape index (κ2) is 3.11. The minimum Gasteiger partial charge on any atom is -0.395 e. The Kier molecular flexibility index (Phi) is 2.14. The quantitative estimate of drug-likeness (QED) is 0.614. The van der Waals surface area contributed by atoms with Gasteiger partial charge in [-0.05, 0) is 44.1 Å². The van der Waals surface area contributed by atoms with Crippen LogP contribution in [0.4, 0.5) is 0 Å². The van der Waals surface area contributed by atoms with Gasteiger partial charge in [-0.3, -0.25) is 0 Å². The molecule has 0 aliphatic heterocycles. The molecule has 2 aliphatic carbocycles. The van der Waals surface area contributed by atoms with E-state index in [9.17, 15) is 0 Å². The van der Waals surface area contributed by atoms with E-state index in [1.54, 1.807) is 0 Å². The van der Waals surface area contributed by atoms with E-state index in [2.05, 4.69) is 5.32 Å². The molecule has 0 amide bonds. The molecule has 2 aliphatic rings. The summed E-state index contributed by atoms with van der Waals surface area (Å²) in [6.45, 7) is 1.47. The van der Waals surface area contributed by atoms with Gasteiger partial charge in [0, 0.05) is 6.04 Å². The van der Waals surface area contributed by atoms with Crippen LogP contribution in [0.1, 0.15) is 25.7 Å². The zero-order chi connectivity index (χ0) is 7.68. The highest BCUT2D eigenvalue weighted by molar-refractivity contribution is 4.87. The molecule has 1 unspecified atom stereocenters. The van der Waals surface area contributed by atoms with Crippen LogP contribution in [0.2, 0.25) is 0 Å². The molecule has 0 heterocycles. The molecule has 2 fully saturated rings. The largest absolute Gasteiger partial charge is 0.395 e. The fraction of sp³-hybridized carbons (Fsp3) is 1.00. The first-order valence-electron chi connectivity index (χ1n) is 4.74. The van der Waals surface area contributed by atoms with Gasteiger partial charge >= 0.3 is 0 Å². The van der Waals surface area contributed by atoms with Crippen LogP contribution in [0, 0.1) is 11.8 Å². The second-order valence-electron chi connectivity index (χ2n) is 3.98. The Balaban J connectivity index is 1.63. The van der Waals surface area contributed by atoms with Gasteiger partial charge in [-0.2, -0.15) is 0 Å². The van der Waals surface area contributed by atoms with Crippen molar-refractivity contribution in [2.45, 2.75) is 31.7 Å². The molecular weight excluding hydrogens is 138 g/mol. The van der Waals surface area contributed by atoms with Gasteiger partial charge in [-0.25, -0.2) is 0 Å². The maximum Gasteiger partial charge on any atom is 0.0587 e. The first-order valence-corrected chi connectivity index (χ1v) is 4.74. The van der Waals surface area contributed by atoms with Crippen LogP contribution >= 0.6 is 0 Å². The Morgan fingerprint density at radius 3 is 2.45 bits per heavy atom. The van der Waals surface area contributed by atoms with Crippen molar-refractivity contribution in [3.8, 4) is 0 Å². The number of hydrogen-bond acceptors (Lipinski definition) is 2. The summed E-state index contributed by atoms with van der Waals surface area (Å²) in [5, 5.41) is 12.5. The number of hydrogen-bond donors (Lipinski definition) is 2. The van der Waals surface area contributed by atoms with E-state index in [1.807, 2.05) is 0 Å². The molecule has 64 valence electrons. The van der Waals surface area contributed by atoms with E-state index >= 15 is 0 Å². The van der Waals surface area contributed by atoms with Crippen LogP contribution in [0.3, 0.4) is 0 Å². The molecule has 2 saturated carbocycles. The molecule has 0 aromatic carbocycles. The Morgan fingerprint density at radius 1 is 1.27 bits per heavy atom. The zero-order valence-electron chi connectivity index (χ0n) is 6.92. The van der Waals surface area contributed by atoms with Crippen molar-refractivity contribution in [3.63, 3.8) is 0 Å². The molecule has 2 nitrogen and oxygen atoms in total. The lowest BCUT2D eigenvalue weighted by Crippen LogP contribution is -2.35. The van der Waals surface area contributed by atoms with Gasteiger partial charge in [-0.15, -0.1) is 0 Å². The minimum absolute atomic E-state index is 0.331. The monoisotopic (exact) mass is 155 g/mol. The molecule has 0 radical (unpaired) electrons. The third kappa shape index (κ3) is 2.17. The summed E-state index contributed by atoms with van der Waals surface area (Å²) in [7, 11) is 0. The second-order valence-corrected chi connectivity index (χ2v) is 3.98. The van der Waals surface area contributed by atoms with Crippen molar-refractivity contribution in [1.29, 1.82) is 0 Å². The summed E-state index contributed by atoms with van der Waals surface area (Å²) >= 11 is 0. The number of nitrogens with one attached hydrogen (secondary N) is 1. The normalized spacial score (nSPS) is 27.0. The topological polar surface area (TPSA) is 32.3 Å². The summed E-state index contributed by atoms with van der Waals surface area (Å²) in [6, 6.07) is 0.413. The Labute approximate surface area is 68.0 Å². The lowest BCUT2D eigenvalue weighted by Gasteiger charge is -2.14. The maximum atomic E-state index is 9.01. The highest BCUT2D eigenvalue weighted by Gasteiger charge is 2.31. The summed E-state index contributed by atoms with van der Waals surface area (Å²) in [4.78, 5) is 0. The maximum absolute atomic E-state index is 9.01. The molecule has 2 N–H and O–H groups in total.